The molecule has 0 amide bonds. The van der Waals surface area contributed by atoms with E-state index in [-0.39, 0.29) is 12.0 Å². The molecule has 0 aliphatic carbocycles. The van der Waals surface area contributed by atoms with Crippen molar-refractivity contribution in [2.24, 2.45) is 5.41 Å². The fraction of sp³-hybridized carbons (Fsp3) is 0.600. The average Bonchev–Trinajstić information content (AvgIpc) is 1.99. The van der Waals surface area contributed by atoms with Crippen LogP contribution >= 0.6 is 0 Å². The topological polar surface area (TPSA) is 20.2 Å². The summed E-state index contributed by atoms with van der Waals surface area (Å²) >= 11 is 0. The molecule has 0 aromatic carbocycles. The van der Waals surface area contributed by atoms with Gasteiger partial charge < -0.3 is 5.11 Å². The summed E-state index contributed by atoms with van der Waals surface area (Å²) < 4.78 is 0. The zero-order valence-corrected chi connectivity index (χ0v) is 7.51. The van der Waals surface area contributed by atoms with E-state index in [1.807, 2.05) is 6.08 Å². The van der Waals surface area contributed by atoms with Gasteiger partial charge in [0, 0.05) is 6.61 Å². The van der Waals surface area contributed by atoms with E-state index in [0.29, 0.717) is 0 Å². The monoisotopic (exact) mass is 154 g/mol. The number of aliphatic hydroxyl groups is 1. The first-order valence-electron chi connectivity index (χ1n) is 4.01. The van der Waals surface area contributed by atoms with Gasteiger partial charge in [0.1, 0.15) is 0 Å². The van der Waals surface area contributed by atoms with Crippen LogP contribution in [0.25, 0.3) is 0 Å². The Morgan fingerprint density at radius 1 is 1.45 bits per heavy atom. The van der Waals surface area contributed by atoms with Crippen LogP contribution in [-0.2, 0) is 0 Å². The quantitative estimate of drug-likeness (QED) is 0.603. The van der Waals surface area contributed by atoms with E-state index in [2.05, 4.69) is 26.5 Å². The minimum absolute atomic E-state index is 0.0610. The Bertz CT molecular complexity index is 134. The maximum Gasteiger partial charge on any atom is 0.0482 e. The third kappa shape index (κ3) is 5.86. The van der Waals surface area contributed by atoms with Crippen LogP contribution in [-0.4, -0.2) is 11.7 Å². The Kier molecular flexibility index (Phi) is 4.88. The van der Waals surface area contributed by atoms with Crippen LogP contribution in [0.15, 0.2) is 24.8 Å². The van der Waals surface area contributed by atoms with Gasteiger partial charge >= 0.3 is 0 Å². The fourth-order valence-electron chi connectivity index (χ4n) is 0.746. The van der Waals surface area contributed by atoms with Crippen molar-refractivity contribution >= 4 is 0 Å². The van der Waals surface area contributed by atoms with Crippen molar-refractivity contribution in [1.29, 1.82) is 0 Å². The molecule has 1 N–H and O–H groups in total. The van der Waals surface area contributed by atoms with Crippen molar-refractivity contribution in [3.63, 3.8) is 0 Å². The Morgan fingerprint density at radius 3 is 2.55 bits per heavy atom. The second kappa shape index (κ2) is 5.14. The Balaban J connectivity index is 3.52. The highest BCUT2D eigenvalue weighted by Gasteiger charge is 2.14. The number of allylic oxidation sites excluding steroid dienone is 3. The molecular formula is C10H18O. The van der Waals surface area contributed by atoms with Crippen LogP contribution in [0.2, 0.25) is 0 Å². The third-order valence-electron chi connectivity index (χ3n) is 1.69. The lowest BCUT2D eigenvalue weighted by atomic mass is 9.89. The Morgan fingerprint density at radius 2 is 2.09 bits per heavy atom. The van der Waals surface area contributed by atoms with Gasteiger partial charge in [-0.3, -0.25) is 0 Å². The van der Waals surface area contributed by atoms with Gasteiger partial charge in [-0.1, -0.05) is 38.7 Å². The van der Waals surface area contributed by atoms with Gasteiger partial charge in [-0.2, -0.15) is 0 Å². The first-order valence-corrected chi connectivity index (χ1v) is 4.01. The standard InChI is InChI=1S/C10H18O/c1-4-5-6-7-8-10(2,3)9-11/h4-6,11H,1,7-9H2,2-3H3/b6-5+. The minimum atomic E-state index is 0.0610. The largest absolute Gasteiger partial charge is 0.396 e. The lowest BCUT2D eigenvalue weighted by Gasteiger charge is -2.19. The number of hydrogen-bond acceptors (Lipinski definition) is 1. The minimum Gasteiger partial charge on any atom is -0.396 e. The van der Waals surface area contributed by atoms with Crippen molar-refractivity contribution < 1.29 is 5.11 Å². The van der Waals surface area contributed by atoms with E-state index in [9.17, 15) is 0 Å². The lowest BCUT2D eigenvalue weighted by molar-refractivity contribution is 0.151. The summed E-state index contributed by atoms with van der Waals surface area (Å²) in [4.78, 5) is 0. The highest BCUT2D eigenvalue weighted by Crippen LogP contribution is 2.20. The van der Waals surface area contributed by atoms with E-state index in [4.69, 9.17) is 5.11 Å². The zero-order chi connectivity index (χ0) is 8.74. The van der Waals surface area contributed by atoms with E-state index in [1.165, 1.54) is 0 Å². The molecule has 0 aromatic rings. The number of rotatable bonds is 5. The maximum atomic E-state index is 8.91. The van der Waals surface area contributed by atoms with Crippen LogP contribution in [0.4, 0.5) is 0 Å². The van der Waals surface area contributed by atoms with E-state index >= 15 is 0 Å². The molecular weight excluding hydrogens is 136 g/mol. The third-order valence-corrected chi connectivity index (χ3v) is 1.69. The predicted molar refractivity (Wildman–Crippen MR) is 49.4 cm³/mol. The average molecular weight is 154 g/mol. The zero-order valence-electron chi connectivity index (χ0n) is 7.51. The number of hydrogen-bond donors (Lipinski definition) is 1. The molecule has 11 heavy (non-hydrogen) atoms. The van der Waals surface area contributed by atoms with Crippen LogP contribution in [0, 0.1) is 5.41 Å². The van der Waals surface area contributed by atoms with Crippen molar-refractivity contribution in [1.82, 2.24) is 0 Å². The molecule has 0 unspecified atom stereocenters. The molecule has 0 heterocycles. The van der Waals surface area contributed by atoms with Crippen LogP contribution in [0.3, 0.4) is 0 Å². The second-order valence-electron chi connectivity index (χ2n) is 3.52. The van der Waals surface area contributed by atoms with Gasteiger partial charge in [-0.05, 0) is 18.3 Å². The highest BCUT2D eigenvalue weighted by molar-refractivity contribution is 4.97. The first kappa shape index (κ1) is 10.4. The molecule has 1 heteroatoms. The van der Waals surface area contributed by atoms with E-state index < -0.39 is 0 Å². The van der Waals surface area contributed by atoms with E-state index in [0.717, 1.165) is 12.8 Å². The van der Waals surface area contributed by atoms with Crippen LogP contribution < -0.4 is 0 Å². The molecule has 0 radical (unpaired) electrons. The van der Waals surface area contributed by atoms with Gasteiger partial charge in [0.15, 0.2) is 0 Å². The van der Waals surface area contributed by atoms with Crippen molar-refractivity contribution in [2.75, 3.05) is 6.61 Å². The first-order chi connectivity index (χ1) is 5.12. The predicted octanol–water partition coefficient (Wildman–Crippen LogP) is 2.53. The molecule has 0 saturated carbocycles. The van der Waals surface area contributed by atoms with Crippen LogP contribution in [0.5, 0.6) is 0 Å². The second-order valence-corrected chi connectivity index (χ2v) is 3.52. The summed E-state index contributed by atoms with van der Waals surface area (Å²) in [7, 11) is 0. The van der Waals surface area contributed by atoms with Gasteiger partial charge in [-0.25, -0.2) is 0 Å². The summed E-state index contributed by atoms with van der Waals surface area (Å²) in [6.07, 6.45) is 7.82. The SMILES string of the molecule is C=C/C=C/CCC(C)(C)CO. The molecule has 0 rings (SSSR count). The maximum absolute atomic E-state index is 8.91. The summed E-state index contributed by atoms with van der Waals surface area (Å²) in [5.41, 5.74) is 0.0610. The van der Waals surface area contributed by atoms with Crippen molar-refractivity contribution in [3.05, 3.63) is 24.8 Å². The molecule has 0 fully saturated rings. The molecule has 0 aliphatic heterocycles. The lowest BCUT2D eigenvalue weighted by Crippen LogP contribution is -2.15. The fourth-order valence-corrected chi connectivity index (χ4v) is 0.746. The van der Waals surface area contributed by atoms with Gasteiger partial charge in [-0.15, -0.1) is 0 Å². The van der Waals surface area contributed by atoms with Gasteiger partial charge in [0.25, 0.3) is 0 Å². The summed E-state index contributed by atoms with van der Waals surface area (Å²) in [5, 5.41) is 8.91. The van der Waals surface area contributed by atoms with E-state index in [1.54, 1.807) is 6.08 Å². The van der Waals surface area contributed by atoms with Crippen molar-refractivity contribution in [3.8, 4) is 0 Å². The normalized spacial score (nSPS) is 12.3. The molecule has 0 aliphatic rings. The van der Waals surface area contributed by atoms with Gasteiger partial charge in [0.2, 0.25) is 0 Å². The molecule has 64 valence electrons. The summed E-state index contributed by atoms with van der Waals surface area (Å²) in [5.74, 6) is 0. The van der Waals surface area contributed by atoms with Crippen LogP contribution in [0.1, 0.15) is 26.7 Å². The summed E-state index contributed by atoms with van der Waals surface area (Å²) in [6.45, 7) is 7.97. The Labute approximate surface area is 69.4 Å². The smallest absolute Gasteiger partial charge is 0.0482 e. The highest BCUT2D eigenvalue weighted by atomic mass is 16.3. The molecule has 0 spiro atoms. The molecule has 0 bridgehead atoms. The van der Waals surface area contributed by atoms with Crippen molar-refractivity contribution in [2.45, 2.75) is 26.7 Å². The summed E-state index contributed by atoms with van der Waals surface area (Å²) in [6, 6.07) is 0. The Hall–Kier alpha value is -0.560. The molecule has 0 saturated heterocycles. The molecule has 0 atom stereocenters. The molecule has 1 nitrogen and oxygen atoms in total. The number of aliphatic hydroxyl groups excluding tert-OH is 1. The molecule has 0 aromatic heterocycles. The van der Waals surface area contributed by atoms with Gasteiger partial charge in [0.05, 0.1) is 0 Å².